The van der Waals surface area contributed by atoms with Crippen LogP contribution in [0.5, 0.6) is 0 Å². The molecule has 2 fully saturated rings. The molecule has 206 valence electrons. The number of oxazole rings is 1. The van der Waals surface area contributed by atoms with Gasteiger partial charge in [0.05, 0.1) is 24.2 Å². The number of benzene rings is 1. The molecule has 1 aliphatic carbocycles. The molecule has 3 heterocycles. The number of aliphatic hydroxyl groups is 1. The highest BCUT2D eigenvalue weighted by Gasteiger charge is 2.32. The number of nitrogens with zero attached hydrogens (tertiary/aromatic N) is 5. The molecule has 8 heteroatoms. The Hall–Kier alpha value is -3.65. The Balaban J connectivity index is 1.29. The lowest BCUT2D eigenvalue weighted by molar-refractivity contribution is -0.124. The average molecular weight is 530 g/mol. The van der Waals surface area contributed by atoms with E-state index in [1.807, 2.05) is 60.4 Å². The lowest BCUT2D eigenvalue weighted by Crippen LogP contribution is -2.44. The molecule has 8 nitrogen and oxygen atoms in total. The summed E-state index contributed by atoms with van der Waals surface area (Å²) in [6.07, 6.45) is 13.6. The lowest BCUT2D eigenvalue weighted by atomic mass is 9.86. The lowest BCUT2D eigenvalue weighted by Gasteiger charge is -2.37. The number of carbonyl (C=O) groups excluding carboxylic acids is 1. The highest BCUT2D eigenvalue weighted by Crippen LogP contribution is 2.31. The standard InChI is InChI=1S/C31H39N5O3/c1-34(2)29-12-9-27(21-33-29)35-17-14-24(15-18-35)22-36(31(38)25-7-10-28(37)11-8-25)26-5-3-4-23(20-26)6-13-30-32-16-19-39-30/h3-6,9,12-13,16,19-21,24-25,28,37H,7-8,10-11,14-15,17-18,22H2,1-2H3. The van der Waals surface area contributed by atoms with Crippen molar-refractivity contribution in [3.05, 3.63) is 66.5 Å². The van der Waals surface area contributed by atoms with Crippen molar-refractivity contribution in [1.82, 2.24) is 9.97 Å². The molecule has 1 aliphatic heterocycles. The Morgan fingerprint density at radius 3 is 2.51 bits per heavy atom. The maximum absolute atomic E-state index is 13.9. The van der Waals surface area contributed by atoms with E-state index in [2.05, 4.69) is 33.1 Å². The summed E-state index contributed by atoms with van der Waals surface area (Å²) in [6.45, 7) is 2.60. The van der Waals surface area contributed by atoms with Crippen LogP contribution in [0.3, 0.4) is 0 Å². The van der Waals surface area contributed by atoms with Crippen molar-refractivity contribution in [1.29, 1.82) is 0 Å². The van der Waals surface area contributed by atoms with Crippen LogP contribution < -0.4 is 14.7 Å². The molecular formula is C31H39N5O3. The molecule has 0 unspecified atom stereocenters. The number of aliphatic hydroxyl groups excluding tert-OH is 1. The largest absolute Gasteiger partial charge is 0.445 e. The molecule has 5 rings (SSSR count). The van der Waals surface area contributed by atoms with Gasteiger partial charge in [-0.05, 0) is 80.3 Å². The summed E-state index contributed by atoms with van der Waals surface area (Å²) in [7, 11) is 4.00. The maximum atomic E-state index is 13.9. The minimum absolute atomic E-state index is 0.0405. The van der Waals surface area contributed by atoms with Crippen molar-refractivity contribution in [3.63, 3.8) is 0 Å². The summed E-state index contributed by atoms with van der Waals surface area (Å²) in [5, 5.41) is 10.0. The quantitative estimate of drug-likeness (QED) is 0.434. The molecule has 0 bridgehead atoms. The Kier molecular flexibility index (Phi) is 8.61. The first-order valence-corrected chi connectivity index (χ1v) is 14.0. The SMILES string of the molecule is CN(C)c1ccc(N2CCC(CN(C(=O)C3CCC(O)CC3)c3cccc(C=Cc4ncco4)c3)CC2)cn1. The molecule has 39 heavy (non-hydrogen) atoms. The second-order valence-corrected chi connectivity index (χ2v) is 11.0. The van der Waals surface area contributed by atoms with Crippen LogP contribution in [-0.4, -0.2) is 60.8 Å². The Bertz CT molecular complexity index is 1230. The topological polar surface area (TPSA) is 85.9 Å². The van der Waals surface area contributed by atoms with Gasteiger partial charge in [-0.25, -0.2) is 9.97 Å². The van der Waals surface area contributed by atoms with Gasteiger partial charge < -0.3 is 24.2 Å². The number of hydrogen-bond donors (Lipinski definition) is 1. The van der Waals surface area contributed by atoms with E-state index in [9.17, 15) is 9.90 Å². The van der Waals surface area contributed by atoms with Gasteiger partial charge in [0.25, 0.3) is 0 Å². The molecule has 0 radical (unpaired) electrons. The molecule has 2 aliphatic rings. The van der Waals surface area contributed by atoms with E-state index in [1.54, 1.807) is 12.5 Å². The van der Waals surface area contributed by atoms with Gasteiger partial charge in [-0.15, -0.1) is 0 Å². The first-order valence-electron chi connectivity index (χ1n) is 14.0. The van der Waals surface area contributed by atoms with Crippen LogP contribution >= 0.6 is 0 Å². The van der Waals surface area contributed by atoms with Gasteiger partial charge in [0.2, 0.25) is 11.8 Å². The van der Waals surface area contributed by atoms with E-state index >= 15 is 0 Å². The van der Waals surface area contributed by atoms with Gasteiger partial charge in [0.15, 0.2) is 0 Å². The fourth-order valence-corrected chi connectivity index (χ4v) is 5.61. The van der Waals surface area contributed by atoms with Crippen LogP contribution in [0.25, 0.3) is 12.2 Å². The molecule has 3 aromatic rings. The highest BCUT2D eigenvalue weighted by atomic mass is 16.3. The fourth-order valence-electron chi connectivity index (χ4n) is 5.61. The van der Waals surface area contributed by atoms with Gasteiger partial charge in [-0.1, -0.05) is 12.1 Å². The summed E-state index contributed by atoms with van der Waals surface area (Å²) in [6, 6.07) is 12.3. The number of rotatable bonds is 8. The van der Waals surface area contributed by atoms with E-state index in [0.717, 1.165) is 61.5 Å². The van der Waals surface area contributed by atoms with Crippen molar-refractivity contribution in [2.75, 3.05) is 48.4 Å². The van der Waals surface area contributed by atoms with Crippen molar-refractivity contribution >= 4 is 35.3 Å². The van der Waals surface area contributed by atoms with Crippen LogP contribution in [0, 0.1) is 11.8 Å². The number of anilines is 3. The molecule has 1 N–H and O–H groups in total. The third-order valence-electron chi connectivity index (χ3n) is 7.97. The number of carbonyl (C=O) groups is 1. The van der Waals surface area contributed by atoms with E-state index in [4.69, 9.17) is 4.42 Å². The second kappa shape index (κ2) is 12.5. The van der Waals surface area contributed by atoms with E-state index < -0.39 is 0 Å². The van der Waals surface area contributed by atoms with Gasteiger partial charge in [-0.2, -0.15) is 0 Å². The monoisotopic (exact) mass is 529 g/mol. The van der Waals surface area contributed by atoms with Crippen LogP contribution in [0.15, 0.2) is 59.5 Å². The van der Waals surface area contributed by atoms with Crippen LogP contribution in [0.2, 0.25) is 0 Å². The number of pyridine rings is 1. The Morgan fingerprint density at radius 1 is 1.05 bits per heavy atom. The molecule has 2 aromatic heterocycles. The predicted molar refractivity (Wildman–Crippen MR) is 156 cm³/mol. The summed E-state index contributed by atoms with van der Waals surface area (Å²) in [5.74, 6) is 2.06. The molecule has 1 amide bonds. The zero-order valence-electron chi connectivity index (χ0n) is 22.9. The Labute approximate surface area is 231 Å². The Morgan fingerprint density at radius 2 is 1.85 bits per heavy atom. The zero-order chi connectivity index (χ0) is 27.2. The number of aromatic nitrogens is 2. The predicted octanol–water partition coefficient (Wildman–Crippen LogP) is 5.11. The molecule has 1 saturated heterocycles. The molecule has 0 atom stereocenters. The van der Waals surface area contributed by atoms with Gasteiger partial charge in [-0.3, -0.25) is 4.79 Å². The van der Waals surface area contributed by atoms with Crippen molar-refractivity contribution in [2.45, 2.75) is 44.6 Å². The average Bonchev–Trinajstić information content (AvgIpc) is 3.49. The van der Waals surface area contributed by atoms with Crippen LogP contribution in [0.1, 0.15) is 50.0 Å². The first kappa shape index (κ1) is 26.9. The van der Waals surface area contributed by atoms with Gasteiger partial charge in [0.1, 0.15) is 12.1 Å². The van der Waals surface area contributed by atoms with Gasteiger partial charge >= 0.3 is 0 Å². The maximum Gasteiger partial charge on any atom is 0.230 e. The minimum atomic E-state index is -0.281. The molecule has 0 spiro atoms. The number of hydrogen-bond acceptors (Lipinski definition) is 7. The van der Waals surface area contributed by atoms with Crippen LogP contribution in [0.4, 0.5) is 17.2 Å². The highest BCUT2D eigenvalue weighted by molar-refractivity contribution is 5.95. The third-order valence-corrected chi connectivity index (χ3v) is 7.97. The number of piperidine rings is 1. The molecule has 1 aromatic carbocycles. The van der Waals surface area contributed by atoms with Crippen LogP contribution in [-0.2, 0) is 4.79 Å². The van der Waals surface area contributed by atoms with E-state index in [-0.39, 0.29) is 17.9 Å². The summed E-state index contributed by atoms with van der Waals surface area (Å²) < 4.78 is 5.32. The summed E-state index contributed by atoms with van der Waals surface area (Å²) in [4.78, 5) is 29.0. The summed E-state index contributed by atoms with van der Waals surface area (Å²) in [5.41, 5.74) is 3.07. The summed E-state index contributed by atoms with van der Waals surface area (Å²) >= 11 is 0. The second-order valence-electron chi connectivity index (χ2n) is 11.0. The zero-order valence-corrected chi connectivity index (χ0v) is 22.9. The normalized spacial score (nSPS) is 20.3. The fraction of sp³-hybridized carbons (Fsp3) is 0.452. The third kappa shape index (κ3) is 6.87. The van der Waals surface area contributed by atoms with Crippen molar-refractivity contribution < 1.29 is 14.3 Å². The van der Waals surface area contributed by atoms with Crippen molar-refractivity contribution in [2.24, 2.45) is 11.8 Å². The van der Waals surface area contributed by atoms with E-state index in [0.29, 0.717) is 31.2 Å². The van der Waals surface area contributed by atoms with Crippen molar-refractivity contribution in [3.8, 4) is 0 Å². The minimum Gasteiger partial charge on any atom is -0.445 e. The van der Waals surface area contributed by atoms with E-state index in [1.165, 1.54) is 0 Å². The molecule has 1 saturated carbocycles. The van der Waals surface area contributed by atoms with Gasteiger partial charge in [0, 0.05) is 51.4 Å². The smallest absolute Gasteiger partial charge is 0.230 e. The number of amides is 1. The first-order chi connectivity index (χ1) is 19.0. The molecular weight excluding hydrogens is 490 g/mol.